The van der Waals surface area contributed by atoms with Crippen LogP contribution in [-0.2, 0) is 0 Å². The Morgan fingerprint density at radius 3 is 2.57 bits per heavy atom. The highest BCUT2D eigenvalue weighted by molar-refractivity contribution is 5.99. The molecule has 9 heteroatoms. The van der Waals surface area contributed by atoms with Crippen molar-refractivity contribution in [2.75, 3.05) is 11.9 Å². The fourth-order valence-electron chi connectivity index (χ4n) is 3.75. The molecule has 1 aromatic heterocycles. The average molecular weight is 473 g/mol. The SMILES string of the molecule is CCOc1ccc(F)c(C(Nc2ccc(C(=N)N)cc2)c2nc(-c3ccccc3C(N)=O)c[nH]2)c1. The molecule has 7 N–H and O–H groups in total. The molecule has 8 nitrogen and oxygen atoms in total. The highest BCUT2D eigenvalue weighted by Gasteiger charge is 2.23. The topological polar surface area (TPSA) is 143 Å². The minimum Gasteiger partial charge on any atom is -0.494 e. The molecule has 4 aromatic rings. The predicted octanol–water partition coefficient (Wildman–Crippen LogP) is 4.20. The highest BCUT2D eigenvalue weighted by atomic mass is 19.1. The van der Waals surface area contributed by atoms with Crippen molar-refractivity contribution in [1.82, 2.24) is 9.97 Å². The molecule has 0 fully saturated rings. The number of aromatic nitrogens is 2. The summed E-state index contributed by atoms with van der Waals surface area (Å²) in [5.74, 6) is -0.119. The molecular weight excluding hydrogens is 447 g/mol. The summed E-state index contributed by atoms with van der Waals surface area (Å²) in [5.41, 5.74) is 14.0. The third-order valence-corrected chi connectivity index (χ3v) is 5.44. The minimum atomic E-state index is -0.729. The maximum absolute atomic E-state index is 15.1. The first-order valence-corrected chi connectivity index (χ1v) is 10.9. The molecule has 0 saturated carbocycles. The number of aromatic amines is 1. The maximum Gasteiger partial charge on any atom is 0.249 e. The van der Waals surface area contributed by atoms with Crippen molar-refractivity contribution in [3.8, 4) is 17.0 Å². The second-order valence-corrected chi connectivity index (χ2v) is 7.77. The van der Waals surface area contributed by atoms with E-state index in [1.165, 1.54) is 6.07 Å². The third-order valence-electron chi connectivity index (χ3n) is 5.44. The molecule has 0 aliphatic rings. The minimum absolute atomic E-state index is 0.0487. The van der Waals surface area contributed by atoms with Crippen molar-refractivity contribution >= 4 is 17.4 Å². The number of nitrogens with two attached hydrogens (primary N) is 2. The molecule has 35 heavy (non-hydrogen) atoms. The Balaban J connectivity index is 1.78. The van der Waals surface area contributed by atoms with Crippen LogP contribution in [0.4, 0.5) is 10.1 Å². The molecule has 0 aliphatic heterocycles. The number of amides is 1. The lowest BCUT2D eigenvalue weighted by Gasteiger charge is -2.20. The lowest BCUT2D eigenvalue weighted by molar-refractivity contribution is 0.100. The number of nitrogen functional groups attached to an aromatic ring is 1. The first-order chi connectivity index (χ1) is 16.9. The molecule has 3 aromatic carbocycles. The zero-order valence-corrected chi connectivity index (χ0v) is 19.0. The van der Waals surface area contributed by atoms with Gasteiger partial charge in [0.1, 0.15) is 29.3 Å². The van der Waals surface area contributed by atoms with E-state index in [1.54, 1.807) is 66.9 Å². The zero-order valence-electron chi connectivity index (χ0n) is 19.0. The van der Waals surface area contributed by atoms with Gasteiger partial charge in [-0.3, -0.25) is 10.2 Å². The summed E-state index contributed by atoms with van der Waals surface area (Å²) in [6, 6.07) is 17.6. The lowest BCUT2D eigenvalue weighted by atomic mass is 10.0. The number of benzene rings is 3. The number of primary amides is 1. The van der Waals surface area contributed by atoms with Gasteiger partial charge in [0, 0.05) is 34.1 Å². The van der Waals surface area contributed by atoms with Crippen molar-refractivity contribution in [2.45, 2.75) is 13.0 Å². The molecule has 4 rings (SSSR count). The van der Waals surface area contributed by atoms with E-state index in [0.717, 1.165) is 0 Å². The first kappa shape index (κ1) is 23.5. The highest BCUT2D eigenvalue weighted by Crippen LogP contribution is 2.32. The van der Waals surface area contributed by atoms with Gasteiger partial charge in [0.25, 0.3) is 0 Å². The summed E-state index contributed by atoms with van der Waals surface area (Å²) in [7, 11) is 0. The number of halogens is 1. The van der Waals surface area contributed by atoms with E-state index < -0.39 is 17.8 Å². The number of carbonyl (C=O) groups is 1. The number of rotatable bonds is 9. The number of nitrogens with one attached hydrogen (secondary N) is 3. The van der Waals surface area contributed by atoms with Crippen LogP contribution in [0.15, 0.2) is 72.9 Å². The summed E-state index contributed by atoms with van der Waals surface area (Å²) in [6.45, 7) is 2.29. The number of nitrogens with zero attached hydrogens (tertiary/aromatic N) is 1. The van der Waals surface area contributed by atoms with Gasteiger partial charge >= 0.3 is 0 Å². The molecular formula is C26H25FN6O2. The predicted molar refractivity (Wildman–Crippen MR) is 133 cm³/mol. The number of imidazole rings is 1. The van der Waals surface area contributed by atoms with Gasteiger partial charge in [-0.15, -0.1) is 0 Å². The summed E-state index contributed by atoms with van der Waals surface area (Å²) >= 11 is 0. The van der Waals surface area contributed by atoms with E-state index >= 15 is 4.39 Å². The quantitative estimate of drug-likeness (QED) is 0.183. The van der Waals surface area contributed by atoms with Gasteiger partial charge in [-0.2, -0.15) is 0 Å². The molecule has 1 heterocycles. The van der Waals surface area contributed by atoms with Gasteiger partial charge in [-0.1, -0.05) is 18.2 Å². The number of anilines is 1. The van der Waals surface area contributed by atoms with Crippen LogP contribution in [0, 0.1) is 11.2 Å². The van der Waals surface area contributed by atoms with E-state index in [4.69, 9.17) is 21.6 Å². The van der Waals surface area contributed by atoms with Crippen molar-refractivity contribution in [3.05, 3.63) is 101 Å². The Morgan fingerprint density at radius 2 is 1.89 bits per heavy atom. The Morgan fingerprint density at radius 1 is 1.14 bits per heavy atom. The van der Waals surface area contributed by atoms with Crippen LogP contribution >= 0.6 is 0 Å². The smallest absolute Gasteiger partial charge is 0.249 e. The van der Waals surface area contributed by atoms with Gasteiger partial charge in [-0.05, 0) is 55.5 Å². The zero-order chi connectivity index (χ0) is 24.9. The Bertz CT molecular complexity index is 1370. The second-order valence-electron chi connectivity index (χ2n) is 7.77. The van der Waals surface area contributed by atoms with Crippen LogP contribution in [0.3, 0.4) is 0 Å². The molecule has 0 bridgehead atoms. The largest absolute Gasteiger partial charge is 0.494 e. The summed E-state index contributed by atoms with van der Waals surface area (Å²) in [5, 5.41) is 10.9. The van der Waals surface area contributed by atoms with Crippen LogP contribution in [0.25, 0.3) is 11.3 Å². The van der Waals surface area contributed by atoms with Crippen molar-refractivity contribution in [1.29, 1.82) is 5.41 Å². The van der Waals surface area contributed by atoms with Gasteiger partial charge < -0.3 is 26.5 Å². The van der Waals surface area contributed by atoms with Gasteiger partial charge in [0.15, 0.2) is 0 Å². The van der Waals surface area contributed by atoms with Crippen LogP contribution in [-0.4, -0.2) is 28.3 Å². The molecule has 178 valence electrons. The van der Waals surface area contributed by atoms with Crippen LogP contribution in [0.5, 0.6) is 5.75 Å². The number of hydrogen-bond acceptors (Lipinski definition) is 5. The molecule has 0 radical (unpaired) electrons. The van der Waals surface area contributed by atoms with Gasteiger partial charge in [0.05, 0.1) is 12.3 Å². The van der Waals surface area contributed by atoms with Crippen molar-refractivity contribution in [2.24, 2.45) is 11.5 Å². The van der Waals surface area contributed by atoms with E-state index in [0.29, 0.717) is 51.8 Å². The number of ether oxygens (including phenoxy) is 1. The third kappa shape index (κ3) is 5.14. The van der Waals surface area contributed by atoms with Gasteiger partial charge in [0.2, 0.25) is 5.91 Å². The van der Waals surface area contributed by atoms with E-state index in [-0.39, 0.29) is 5.84 Å². The second kappa shape index (κ2) is 10.1. The Kier molecular flexibility index (Phi) is 6.77. The van der Waals surface area contributed by atoms with Crippen molar-refractivity contribution in [3.63, 3.8) is 0 Å². The fourth-order valence-corrected chi connectivity index (χ4v) is 3.75. The average Bonchev–Trinajstić information content (AvgIpc) is 3.34. The Hall–Kier alpha value is -4.66. The Labute approximate surface area is 201 Å². The van der Waals surface area contributed by atoms with E-state index in [2.05, 4.69) is 15.3 Å². The number of amidine groups is 1. The van der Waals surface area contributed by atoms with E-state index in [9.17, 15) is 4.79 Å². The molecule has 0 saturated heterocycles. The molecule has 0 aliphatic carbocycles. The number of H-pyrrole nitrogens is 1. The van der Waals surface area contributed by atoms with Gasteiger partial charge in [-0.25, -0.2) is 9.37 Å². The summed E-state index contributed by atoms with van der Waals surface area (Å²) in [6.07, 6.45) is 1.65. The summed E-state index contributed by atoms with van der Waals surface area (Å²) in [4.78, 5) is 19.7. The number of carbonyl (C=O) groups excluding carboxylic acids is 1. The first-order valence-electron chi connectivity index (χ1n) is 10.9. The lowest BCUT2D eigenvalue weighted by Crippen LogP contribution is -2.16. The fraction of sp³-hybridized carbons (Fsp3) is 0.115. The number of hydrogen-bond donors (Lipinski definition) is 5. The van der Waals surface area contributed by atoms with Crippen LogP contribution < -0.4 is 21.5 Å². The van der Waals surface area contributed by atoms with Crippen LogP contribution in [0.1, 0.15) is 40.3 Å². The monoisotopic (exact) mass is 472 g/mol. The van der Waals surface area contributed by atoms with Crippen LogP contribution in [0.2, 0.25) is 0 Å². The standard InChI is InChI=1S/C26H25FN6O2/c1-2-35-17-11-12-21(27)20(13-17)23(32-16-9-7-15(8-10-16)24(28)29)26-31-14-22(33-26)18-5-3-4-6-19(18)25(30)34/h3-14,23,32H,2H2,1H3,(H3,28,29)(H2,30,34)(H,31,33). The molecule has 1 unspecified atom stereocenters. The van der Waals surface area contributed by atoms with Crippen molar-refractivity contribution < 1.29 is 13.9 Å². The maximum atomic E-state index is 15.1. The normalized spacial score (nSPS) is 11.6. The molecule has 1 atom stereocenters. The molecule has 1 amide bonds. The molecule has 0 spiro atoms. The summed E-state index contributed by atoms with van der Waals surface area (Å²) < 4.78 is 20.7. The van der Waals surface area contributed by atoms with E-state index in [1.807, 2.05) is 6.92 Å².